The van der Waals surface area contributed by atoms with Gasteiger partial charge < -0.3 is 20.4 Å². The maximum absolute atomic E-state index is 13.8. The van der Waals surface area contributed by atoms with Crippen molar-refractivity contribution >= 4 is 17.6 Å². The number of guanidine groups is 1. The van der Waals surface area contributed by atoms with Gasteiger partial charge in [-0.2, -0.15) is 0 Å². The second-order valence-electron chi connectivity index (χ2n) is 6.41. The molecule has 0 aliphatic carbocycles. The monoisotopic (exact) mass is 412 g/mol. The summed E-state index contributed by atoms with van der Waals surface area (Å²) < 4.78 is 32.1. The average molecular weight is 412 g/mol. The van der Waals surface area contributed by atoms with Crippen molar-refractivity contribution in [1.29, 1.82) is 0 Å². The molecule has 0 fully saturated rings. The highest BCUT2D eigenvalue weighted by atomic mass is 19.1. The maximum Gasteiger partial charge on any atom is 0.291 e. The second kappa shape index (κ2) is 10.2. The Hall–Kier alpha value is -3.68. The van der Waals surface area contributed by atoms with Gasteiger partial charge in [0.15, 0.2) is 11.7 Å². The number of anilines is 1. The van der Waals surface area contributed by atoms with Crippen LogP contribution in [0.15, 0.2) is 70.3 Å². The largest absolute Gasteiger partial charge is 0.459 e. The molecule has 0 radical (unpaired) electrons. The molecule has 0 aliphatic rings. The standard InChI is InChI=1S/C22H22F2N4O2/c1-2-25-22(27-14-16-12-17(23)7-10-19(16)24)26-13-15-5-8-18(9-6-15)28-21(29)20-4-3-11-30-20/h3-12H,2,13-14H2,1H3,(H,28,29)(H2,25,26,27). The van der Waals surface area contributed by atoms with Gasteiger partial charge in [0.05, 0.1) is 12.8 Å². The highest BCUT2D eigenvalue weighted by Gasteiger charge is 2.08. The van der Waals surface area contributed by atoms with E-state index in [1.807, 2.05) is 19.1 Å². The van der Waals surface area contributed by atoms with Gasteiger partial charge in [0.2, 0.25) is 0 Å². The fourth-order valence-corrected chi connectivity index (χ4v) is 2.66. The first-order valence-corrected chi connectivity index (χ1v) is 9.45. The van der Waals surface area contributed by atoms with Crippen molar-refractivity contribution < 1.29 is 18.0 Å². The zero-order chi connectivity index (χ0) is 21.3. The lowest BCUT2D eigenvalue weighted by Gasteiger charge is -2.12. The lowest BCUT2D eigenvalue weighted by Crippen LogP contribution is -2.37. The maximum atomic E-state index is 13.8. The van der Waals surface area contributed by atoms with Gasteiger partial charge >= 0.3 is 0 Å². The molecule has 3 rings (SSSR count). The molecular weight excluding hydrogens is 390 g/mol. The zero-order valence-electron chi connectivity index (χ0n) is 16.4. The first kappa shape index (κ1) is 21.0. The number of amides is 1. The Morgan fingerprint density at radius 2 is 1.87 bits per heavy atom. The first-order chi connectivity index (χ1) is 14.5. The van der Waals surface area contributed by atoms with Crippen LogP contribution < -0.4 is 16.0 Å². The highest BCUT2D eigenvalue weighted by Crippen LogP contribution is 2.13. The van der Waals surface area contributed by atoms with Gasteiger partial charge in [0, 0.05) is 24.3 Å². The van der Waals surface area contributed by atoms with E-state index in [1.165, 1.54) is 6.26 Å². The second-order valence-corrected chi connectivity index (χ2v) is 6.41. The number of benzene rings is 2. The molecule has 6 nitrogen and oxygen atoms in total. The van der Waals surface area contributed by atoms with Gasteiger partial charge in [0.1, 0.15) is 11.6 Å². The Bertz CT molecular complexity index is 1000. The van der Waals surface area contributed by atoms with Crippen LogP contribution in [0.25, 0.3) is 0 Å². The number of nitrogens with zero attached hydrogens (tertiary/aromatic N) is 1. The van der Waals surface area contributed by atoms with Crippen molar-refractivity contribution in [2.45, 2.75) is 20.0 Å². The third-order valence-corrected chi connectivity index (χ3v) is 4.17. The summed E-state index contributed by atoms with van der Waals surface area (Å²) in [7, 11) is 0. The molecule has 30 heavy (non-hydrogen) atoms. The summed E-state index contributed by atoms with van der Waals surface area (Å²) in [6, 6.07) is 13.8. The molecule has 1 aromatic heterocycles. The van der Waals surface area contributed by atoms with E-state index < -0.39 is 11.6 Å². The molecule has 3 N–H and O–H groups in total. The van der Waals surface area contributed by atoms with E-state index in [1.54, 1.807) is 24.3 Å². The number of halogens is 2. The molecule has 8 heteroatoms. The normalized spacial score (nSPS) is 11.2. The summed E-state index contributed by atoms with van der Waals surface area (Å²) in [6.45, 7) is 3.01. The van der Waals surface area contributed by atoms with Gasteiger partial charge in [-0.3, -0.25) is 4.79 Å². The third-order valence-electron chi connectivity index (χ3n) is 4.17. The molecule has 1 amide bonds. The van der Waals surface area contributed by atoms with Crippen LogP contribution in [0.5, 0.6) is 0 Å². The van der Waals surface area contributed by atoms with Gasteiger partial charge in [0.25, 0.3) is 5.91 Å². The predicted molar refractivity (Wildman–Crippen MR) is 111 cm³/mol. The lowest BCUT2D eigenvalue weighted by atomic mass is 10.2. The molecule has 3 aromatic rings. The van der Waals surface area contributed by atoms with E-state index in [-0.39, 0.29) is 23.8 Å². The summed E-state index contributed by atoms with van der Waals surface area (Å²) in [4.78, 5) is 16.4. The Morgan fingerprint density at radius 3 is 2.57 bits per heavy atom. The summed E-state index contributed by atoms with van der Waals surface area (Å²) in [6.07, 6.45) is 1.44. The average Bonchev–Trinajstić information content (AvgIpc) is 3.28. The Labute approximate surface area is 173 Å². The number of aliphatic imine (C=N–C) groups is 1. The predicted octanol–water partition coefficient (Wildman–Crippen LogP) is 4.07. The minimum Gasteiger partial charge on any atom is -0.459 e. The smallest absolute Gasteiger partial charge is 0.291 e. The van der Waals surface area contributed by atoms with Crippen molar-refractivity contribution in [2.75, 3.05) is 11.9 Å². The quantitative estimate of drug-likeness (QED) is 0.404. The van der Waals surface area contributed by atoms with Crippen molar-refractivity contribution in [1.82, 2.24) is 10.6 Å². The van der Waals surface area contributed by atoms with Gasteiger partial charge in [-0.1, -0.05) is 12.1 Å². The number of hydrogen-bond donors (Lipinski definition) is 3. The van der Waals surface area contributed by atoms with E-state index in [0.717, 1.165) is 23.8 Å². The minimum absolute atomic E-state index is 0.104. The molecule has 0 aliphatic heterocycles. The van der Waals surface area contributed by atoms with Crippen LogP contribution in [-0.4, -0.2) is 18.4 Å². The number of nitrogens with one attached hydrogen (secondary N) is 3. The summed E-state index contributed by atoms with van der Waals surface area (Å²) in [5.74, 6) is -0.577. The summed E-state index contributed by atoms with van der Waals surface area (Å²) >= 11 is 0. The number of rotatable bonds is 7. The molecule has 0 bridgehead atoms. The molecule has 1 heterocycles. The van der Waals surface area contributed by atoms with Crippen LogP contribution in [0.4, 0.5) is 14.5 Å². The highest BCUT2D eigenvalue weighted by molar-refractivity contribution is 6.02. The van der Waals surface area contributed by atoms with Crippen LogP contribution in [0, 0.1) is 11.6 Å². The van der Waals surface area contributed by atoms with Crippen molar-refractivity contribution in [3.05, 3.63) is 89.4 Å². The zero-order valence-corrected chi connectivity index (χ0v) is 16.4. The summed E-state index contributed by atoms with van der Waals surface area (Å²) in [5.41, 5.74) is 1.77. The number of carbonyl (C=O) groups is 1. The molecule has 0 atom stereocenters. The molecule has 156 valence electrons. The number of hydrogen-bond acceptors (Lipinski definition) is 3. The SMILES string of the molecule is CCNC(=NCc1ccc(NC(=O)c2ccco2)cc1)NCc1cc(F)ccc1F. The van der Waals surface area contributed by atoms with Gasteiger partial charge in [-0.15, -0.1) is 0 Å². The van der Waals surface area contributed by atoms with Crippen LogP contribution in [-0.2, 0) is 13.1 Å². The van der Waals surface area contributed by atoms with Crippen LogP contribution >= 0.6 is 0 Å². The Morgan fingerprint density at radius 1 is 1.07 bits per heavy atom. The van der Waals surface area contributed by atoms with Gasteiger partial charge in [-0.05, 0) is 55.0 Å². The third kappa shape index (κ3) is 5.91. The number of carbonyl (C=O) groups excluding carboxylic acids is 1. The molecule has 0 unspecified atom stereocenters. The van der Waals surface area contributed by atoms with E-state index in [2.05, 4.69) is 20.9 Å². The van der Waals surface area contributed by atoms with E-state index in [4.69, 9.17) is 4.42 Å². The van der Waals surface area contributed by atoms with Crippen molar-refractivity contribution in [3.63, 3.8) is 0 Å². The molecular formula is C22H22F2N4O2. The molecule has 0 spiro atoms. The fourth-order valence-electron chi connectivity index (χ4n) is 2.66. The lowest BCUT2D eigenvalue weighted by molar-refractivity contribution is 0.0996. The summed E-state index contributed by atoms with van der Waals surface area (Å²) in [5, 5.41) is 8.80. The van der Waals surface area contributed by atoms with Crippen LogP contribution in [0.2, 0.25) is 0 Å². The van der Waals surface area contributed by atoms with E-state index in [9.17, 15) is 13.6 Å². The minimum atomic E-state index is -0.491. The van der Waals surface area contributed by atoms with E-state index >= 15 is 0 Å². The molecule has 0 saturated heterocycles. The van der Waals surface area contributed by atoms with Crippen LogP contribution in [0.3, 0.4) is 0 Å². The topological polar surface area (TPSA) is 78.7 Å². The van der Waals surface area contributed by atoms with Crippen LogP contribution in [0.1, 0.15) is 28.6 Å². The van der Waals surface area contributed by atoms with Gasteiger partial charge in [-0.25, -0.2) is 13.8 Å². The Balaban J connectivity index is 1.58. The Kier molecular flexibility index (Phi) is 7.15. The molecule has 0 saturated carbocycles. The first-order valence-electron chi connectivity index (χ1n) is 9.45. The fraction of sp³-hybridized carbons (Fsp3) is 0.182. The van der Waals surface area contributed by atoms with E-state index in [0.29, 0.717) is 24.7 Å². The van der Waals surface area contributed by atoms with Crippen molar-refractivity contribution in [3.8, 4) is 0 Å². The van der Waals surface area contributed by atoms with Crippen molar-refractivity contribution in [2.24, 2.45) is 4.99 Å². The molecule has 2 aromatic carbocycles. The number of furan rings is 1.